The number of esters is 1. The van der Waals surface area contributed by atoms with Crippen molar-refractivity contribution in [3.8, 4) is 22.5 Å². The summed E-state index contributed by atoms with van der Waals surface area (Å²) in [6, 6.07) is 47.8. The molecule has 1 N–H and O–H groups in total. The van der Waals surface area contributed by atoms with Crippen LogP contribution in [0.4, 0.5) is 5.82 Å². The molecule has 0 spiro atoms. The van der Waals surface area contributed by atoms with Gasteiger partial charge in [0, 0.05) is 18.7 Å². The SMILES string of the molecule is CCOC(=O)c1c(NCc2ccc(-c3ccccc3-c3nnnn3C(c3ccccc3)(c3ccccc3)c3ccccc3)cc2)nn(CC)c1CC. The smallest absolute Gasteiger partial charge is 0.343 e. The van der Waals surface area contributed by atoms with Crippen LogP contribution < -0.4 is 5.32 Å². The van der Waals surface area contributed by atoms with E-state index in [0.29, 0.717) is 43.3 Å². The predicted molar refractivity (Wildman–Crippen MR) is 204 cm³/mol. The van der Waals surface area contributed by atoms with Gasteiger partial charge in [-0.3, -0.25) is 4.68 Å². The fraction of sp³-hybridized carbons (Fsp3) is 0.186. The molecule has 0 aliphatic heterocycles. The van der Waals surface area contributed by atoms with E-state index in [1.165, 1.54) is 0 Å². The van der Waals surface area contributed by atoms with Crippen molar-refractivity contribution in [2.24, 2.45) is 0 Å². The Morgan fingerprint density at radius 3 is 1.81 bits per heavy atom. The Morgan fingerprint density at radius 2 is 1.27 bits per heavy atom. The second-order valence-electron chi connectivity index (χ2n) is 12.4. The normalized spacial score (nSPS) is 11.4. The molecule has 2 aromatic heterocycles. The number of ether oxygens (including phenoxy) is 1. The first-order valence-corrected chi connectivity index (χ1v) is 17.7. The highest BCUT2D eigenvalue weighted by molar-refractivity contribution is 5.96. The highest BCUT2D eigenvalue weighted by atomic mass is 16.5. The molecule has 260 valence electrons. The number of aryl methyl sites for hydroxylation is 1. The van der Waals surface area contributed by atoms with Crippen molar-refractivity contribution in [3.63, 3.8) is 0 Å². The van der Waals surface area contributed by atoms with Crippen LogP contribution in [0.25, 0.3) is 22.5 Å². The van der Waals surface area contributed by atoms with Crippen LogP contribution in [0.2, 0.25) is 0 Å². The number of nitrogens with one attached hydrogen (secondary N) is 1. The van der Waals surface area contributed by atoms with E-state index in [1.54, 1.807) is 0 Å². The van der Waals surface area contributed by atoms with E-state index in [2.05, 4.69) is 120 Å². The van der Waals surface area contributed by atoms with Crippen molar-refractivity contribution in [2.45, 2.75) is 45.8 Å². The van der Waals surface area contributed by atoms with Crippen LogP contribution in [0.3, 0.4) is 0 Å². The number of carbonyl (C=O) groups excluding carboxylic acids is 1. The maximum absolute atomic E-state index is 12.9. The van der Waals surface area contributed by atoms with Gasteiger partial charge in [-0.15, -0.1) is 5.10 Å². The molecule has 0 fully saturated rings. The van der Waals surface area contributed by atoms with Crippen molar-refractivity contribution in [2.75, 3.05) is 11.9 Å². The van der Waals surface area contributed by atoms with E-state index in [9.17, 15) is 4.79 Å². The van der Waals surface area contributed by atoms with E-state index < -0.39 is 5.54 Å². The molecule has 7 aromatic rings. The van der Waals surface area contributed by atoms with Crippen LogP contribution in [0.1, 0.15) is 59.1 Å². The van der Waals surface area contributed by atoms with Gasteiger partial charge in [0.05, 0.1) is 12.3 Å². The number of benzene rings is 5. The maximum Gasteiger partial charge on any atom is 0.343 e. The van der Waals surface area contributed by atoms with Gasteiger partial charge >= 0.3 is 5.97 Å². The van der Waals surface area contributed by atoms with Gasteiger partial charge < -0.3 is 10.1 Å². The molecule has 9 heteroatoms. The van der Waals surface area contributed by atoms with Crippen LogP contribution in [0.15, 0.2) is 140 Å². The number of tetrazole rings is 1. The molecule has 0 atom stereocenters. The van der Waals surface area contributed by atoms with E-state index in [0.717, 1.165) is 44.6 Å². The zero-order valence-electron chi connectivity index (χ0n) is 29.6. The minimum absolute atomic E-state index is 0.305. The topological polar surface area (TPSA) is 99.8 Å². The Labute approximate surface area is 303 Å². The number of aromatic nitrogens is 6. The lowest BCUT2D eigenvalue weighted by Crippen LogP contribution is -2.39. The number of rotatable bonds is 13. The van der Waals surface area contributed by atoms with E-state index >= 15 is 0 Å². The average Bonchev–Trinajstić information content (AvgIpc) is 3.84. The molecule has 9 nitrogen and oxygen atoms in total. The molecule has 0 radical (unpaired) electrons. The molecule has 0 aliphatic rings. The first kappa shape index (κ1) is 34.1. The Kier molecular flexibility index (Phi) is 10.0. The molecule has 0 saturated carbocycles. The third-order valence-corrected chi connectivity index (χ3v) is 9.43. The third kappa shape index (κ3) is 6.26. The molecule has 2 heterocycles. The summed E-state index contributed by atoms with van der Waals surface area (Å²) in [5, 5.41) is 21.9. The van der Waals surface area contributed by atoms with E-state index in [1.807, 2.05) is 60.5 Å². The third-order valence-electron chi connectivity index (χ3n) is 9.43. The fourth-order valence-corrected chi connectivity index (χ4v) is 7.06. The van der Waals surface area contributed by atoms with Crippen molar-refractivity contribution >= 4 is 11.8 Å². The van der Waals surface area contributed by atoms with Crippen molar-refractivity contribution in [3.05, 3.63) is 173 Å². The Balaban J connectivity index is 1.27. The number of carbonyl (C=O) groups is 1. The Hall–Kier alpha value is -6.35. The summed E-state index contributed by atoms with van der Waals surface area (Å²) in [6.07, 6.45) is 0.678. The van der Waals surface area contributed by atoms with Gasteiger partial charge in [0.15, 0.2) is 11.6 Å². The molecule has 0 bridgehead atoms. The lowest BCUT2D eigenvalue weighted by Gasteiger charge is -2.36. The fourth-order valence-electron chi connectivity index (χ4n) is 7.06. The molecule has 0 saturated heterocycles. The molecule has 0 unspecified atom stereocenters. The molecule has 0 amide bonds. The van der Waals surface area contributed by atoms with Gasteiger partial charge in [-0.05, 0) is 64.1 Å². The van der Waals surface area contributed by atoms with Gasteiger partial charge in [-0.1, -0.05) is 146 Å². The second-order valence-corrected chi connectivity index (χ2v) is 12.4. The molecule has 7 rings (SSSR count). The van der Waals surface area contributed by atoms with Gasteiger partial charge in [-0.2, -0.15) is 5.10 Å². The summed E-state index contributed by atoms with van der Waals surface area (Å²) in [6.45, 7) is 7.32. The van der Waals surface area contributed by atoms with E-state index in [4.69, 9.17) is 20.1 Å². The maximum atomic E-state index is 12.9. The monoisotopic (exact) mass is 687 g/mol. The molecule has 52 heavy (non-hydrogen) atoms. The van der Waals surface area contributed by atoms with Crippen molar-refractivity contribution in [1.82, 2.24) is 30.0 Å². The largest absolute Gasteiger partial charge is 0.462 e. The molecular weight excluding hydrogens is 647 g/mol. The van der Waals surface area contributed by atoms with Crippen molar-refractivity contribution in [1.29, 1.82) is 0 Å². The van der Waals surface area contributed by atoms with Crippen LogP contribution in [0, 0.1) is 0 Å². The number of nitrogens with zero attached hydrogens (tertiary/aromatic N) is 6. The van der Waals surface area contributed by atoms with E-state index in [-0.39, 0.29) is 5.97 Å². The summed E-state index contributed by atoms with van der Waals surface area (Å²) >= 11 is 0. The van der Waals surface area contributed by atoms with Crippen LogP contribution in [0.5, 0.6) is 0 Å². The zero-order chi connectivity index (χ0) is 35.9. The Morgan fingerprint density at radius 1 is 0.712 bits per heavy atom. The minimum atomic E-state index is -0.865. The quantitative estimate of drug-likeness (QED) is 0.0960. The Bertz CT molecular complexity index is 2150. The zero-order valence-corrected chi connectivity index (χ0v) is 29.6. The molecule has 5 aromatic carbocycles. The number of hydrogen-bond donors (Lipinski definition) is 1. The minimum Gasteiger partial charge on any atom is -0.462 e. The molecule has 0 aliphatic carbocycles. The van der Waals surface area contributed by atoms with Crippen molar-refractivity contribution < 1.29 is 9.53 Å². The van der Waals surface area contributed by atoms with Crippen LogP contribution >= 0.6 is 0 Å². The van der Waals surface area contributed by atoms with Gasteiger partial charge in [0.2, 0.25) is 0 Å². The lowest BCUT2D eigenvalue weighted by atomic mass is 9.77. The first-order valence-electron chi connectivity index (χ1n) is 17.7. The summed E-state index contributed by atoms with van der Waals surface area (Å²) in [7, 11) is 0. The summed E-state index contributed by atoms with van der Waals surface area (Å²) < 4.78 is 9.21. The van der Waals surface area contributed by atoms with Gasteiger partial charge in [0.25, 0.3) is 0 Å². The average molecular weight is 688 g/mol. The lowest BCUT2D eigenvalue weighted by molar-refractivity contribution is 0.0526. The molecular formula is C43H41N7O2. The number of anilines is 1. The van der Waals surface area contributed by atoms with Gasteiger partial charge in [0.1, 0.15) is 11.1 Å². The highest BCUT2D eigenvalue weighted by Gasteiger charge is 2.42. The summed E-state index contributed by atoms with van der Waals surface area (Å²) in [5.74, 6) is 0.825. The predicted octanol–water partition coefficient (Wildman–Crippen LogP) is 8.41. The number of hydrogen-bond acceptors (Lipinski definition) is 7. The summed E-state index contributed by atoms with van der Waals surface area (Å²) in [5.41, 5.74) is 7.59. The standard InChI is InChI=1S/C43H41N7O2/c1-4-38-39(42(51)52-6-3)40(46-49(38)5-2)44-30-31-26-28-32(29-27-31)36-24-16-17-25-37(36)41-45-47-48-50(41)43(33-18-10-7-11-19-33,34-20-12-8-13-21-34)35-22-14-9-15-23-35/h7-29H,4-6,30H2,1-3H3,(H,44,46). The van der Waals surface area contributed by atoms with Crippen LogP contribution in [-0.2, 0) is 29.8 Å². The first-order chi connectivity index (χ1) is 25.6. The van der Waals surface area contributed by atoms with Crippen LogP contribution in [-0.4, -0.2) is 42.6 Å². The second kappa shape index (κ2) is 15.3. The van der Waals surface area contributed by atoms with Gasteiger partial charge in [-0.25, -0.2) is 9.48 Å². The summed E-state index contributed by atoms with van der Waals surface area (Å²) in [4.78, 5) is 12.9. The highest BCUT2D eigenvalue weighted by Crippen LogP contribution is 2.43.